The number of hydrogen-bond acceptors (Lipinski definition) is 6. The van der Waals surface area contributed by atoms with Crippen molar-refractivity contribution in [2.24, 2.45) is 0 Å². The highest BCUT2D eigenvalue weighted by atomic mass is 16.5. The molecule has 0 spiro atoms. The molecule has 29 heavy (non-hydrogen) atoms. The monoisotopic (exact) mass is 394 g/mol. The van der Waals surface area contributed by atoms with E-state index in [2.05, 4.69) is 52.4 Å². The first-order valence-corrected chi connectivity index (χ1v) is 10.6. The number of hydrogen-bond donors (Lipinski definition) is 2. The topological polar surface area (TPSA) is 90.4 Å². The Balaban J connectivity index is 1.56. The van der Waals surface area contributed by atoms with E-state index in [4.69, 9.17) is 10.5 Å². The van der Waals surface area contributed by atoms with Crippen LogP contribution in [0.25, 0.3) is 5.65 Å². The van der Waals surface area contributed by atoms with Gasteiger partial charge in [0.1, 0.15) is 0 Å². The summed E-state index contributed by atoms with van der Waals surface area (Å²) in [4.78, 5) is 8.64. The van der Waals surface area contributed by atoms with Crippen LogP contribution in [0.4, 0.5) is 5.82 Å². The molecular weight excluding hydrogens is 364 g/mol. The molecule has 0 atom stereocenters. The lowest BCUT2D eigenvalue weighted by atomic mass is 9.86. The highest BCUT2D eigenvalue weighted by Gasteiger charge is 2.18. The van der Waals surface area contributed by atoms with E-state index >= 15 is 0 Å². The van der Waals surface area contributed by atoms with Crippen LogP contribution in [-0.2, 0) is 6.42 Å². The van der Waals surface area contributed by atoms with Gasteiger partial charge in [0.25, 0.3) is 0 Å². The summed E-state index contributed by atoms with van der Waals surface area (Å²) in [5.41, 5.74) is 11.7. The van der Waals surface area contributed by atoms with Gasteiger partial charge in [0, 0.05) is 6.42 Å². The minimum Gasteiger partial charge on any atom is -0.462 e. The molecule has 1 fully saturated rings. The standard InChI is InChI=1S/C22H30N6O/c1-3-4-11-29-22-26-20(23)21-25-14-18(28(21)27-22)13-16-5-6-19(15(2)12-16)17-7-9-24-10-8-17/h5-6,12,14,17,24H,3-4,7-11,13H2,1-2H3,(H2,23,26,27). The van der Waals surface area contributed by atoms with Gasteiger partial charge in [-0.1, -0.05) is 31.5 Å². The average molecular weight is 395 g/mol. The molecule has 7 heteroatoms. The number of benzene rings is 1. The van der Waals surface area contributed by atoms with E-state index < -0.39 is 0 Å². The molecule has 1 saturated heterocycles. The van der Waals surface area contributed by atoms with E-state index in [0.29, 0.717) is 30.0 Å². The summed E-state index contributed by atoms with van der Waals surface area (Å²) in [6.45, 7) is 7.14. The van der Waals surface area contributed by atoms with Crippen LogP contribution in [-0.4, -0.2) is 39.3 Å². The van der Waals surface area contributed by atoms with Gasteiger partial charge in [0.2, 0.25) is 0 Å². The first-order chi connectivity index (χ1) is 14.2. The fourth-order valence-corrected chi connectivity index (χ4v) is 4.07. The molecule has 1 aliphatic heterocycles. The molecule has 1 aromatic carbocycles. The van der Waals surface area contributed by atoms with E-state index in [1.165, 1.54) is 29.5 Å². The summed E-state index contributed by atoms with van der Waals surface area (Å²) in [6.07, 6.45) is 7.00. The second kappa shape index (κ2) is 8.78. The maximum absolute atomic E-state index is 6.07. The smallest absolute Gasteiger partial charge is 0.336 e. The number of piperidine rings is 1. The number of imidazole rings is 1. The van der Waals surface area contributed by atoms with Gasteiger partial charge in [-0.3, -0.25) is 0 Å². The van der Waals surface area contributed by atoms with Crippen molar-refractivity contribution in [3.63, 3.8) is 0 Å². The Kier molecular flexibility index (Phi) is 5.94. The van der Waals surface area contributed by atoms with Crippen molar-refractivity contribution in [3.05, 3.63) is 46.8 Å². The van der Waals surface area contributed by atoms with Crippen molar-refractivity contribution < 1.29 is 4.74 Å². The third-order valence-electron chi connectivity index (χ3n) is 5.67. The number of ether oxygens (including phenoxy) is 1. The van der Waals surface area contributed by atoms with Crippen LogP contribution in [0.2, 0.25) is 0 Å². The van der Waals surface area contributed by atoms with E-state index in [1.54, 1.807) is 4.52 Å². The van der Waals surface area contributed by atoms with Crippen molar-refractivity contribution in [2.75, 3.05) is 25.4 Å². The molecule has 0 saturated carbocycles. The number of anilines is 1. The third kappa shape index (κ3) is 4.34. The Morgan fingerprint density at radius 2 is 2.10 bits per heavy atom. The van der Waals surface area contributed by atoms with Gasteiger partial charge in [0.15, 0.2) is 11.5 Å². The number of nitrogens with two attached hydrogens (primary N) is 1. The van der Waals surface area contributed by atoms with Crippen LogP contribution >= 0.6 is 0 Å². The number of aryl methyl sites for hydroxylation is 1. The Labute approximate surface area is 171 Å². The normalized spacial score (nSPS) is 15.1. The molecule has 0 radical (unpaired) electrons. The Morgan fingerprint density at radius 3 is 2.86 bits per heavy atom. The number of aromatic nitrogens is 4. The summed E-state index contributed by atoms with van der Waals surface area (Å²) < 4.78 is 7.42. The number of unbranched alkanes of at least 4 members (excludes halogenated alkanes) is 1. The highest BCUT2D eigenvalue weighted by Crippen LogP contribution is 2.29. The molecule has 2 aromatic heterocycles. The zero-order valence-electron chi connectivity index (χ0n) is 17.3. The first-order valence-electron chi connectivity index (χ1n) is 10.6. The van der Waals surface area contributed by atoms with E-state index in [9.17, 15) is 0 Å². The predicted octanol–water partition coefficient (Wildman–Crippen LogP) is 3.25. The number of nitrogens with one attached hydrogen (secondary N) is 1. The second-order valence-electron chi connectivity index (χ2n) is 7.86. The summed E-state index contributed by atoms with van der Waals surface area (Å²) in [7, 11) is 0. The Hall–Kier alpha value is -2.67. The number of nitrogen functional groups attached to an aromatic ring is 1. The van der Waals surface area contributed by atoms with Gasteiger partial charge >= 0.3 is 6.01 Å². The SMILES string of the molecule is CCCCOc1nc(N)c2ncc(Cc3ccc(C4CCNCC4)c(C)c3)n2n1. The summed E-state index contributed by atoms with van der Waals surface area (Å²) in [5, 5.41) is 7.96. The van der Waals surface area contributed by atoms with Crippen LogP contribution in [0.15, 0.2) is 24.4 Å². The lowest BCUT2D eigenvalue weighted by molar-refractivity contribution is 0.280. The predicted molar refractivity (Wildman–Crippen MR) is 114 cm³/mol. The van der Waals surface area contributed by atoms with E-state index in [-0.39, 0.29) is 0 Å². The molecule has 154 valence electrons. The molecule has 7 nitrogen and oxygen atoms in total. The zero-order chi connectivity index (χ0) is 20.2. The van der Waals surface area contributed by atoms with Gasteiger partial charge in [-0.15, -0.1) is 5.10 Å². The van der Waals surface area contributed by atoms with Crippen molar-refractivity contribution in [3.8, 4) is 6.01 Å². The van der Waals surface area contributed by atoms with Crippen LogP contribution < -0.4 is 15.8 Å². The van der Waals surface area contributed by atoms with Gasteiger partial charge in [-0.05, 0) is 61.9 Å². The minimum absolute atomic E-state index is 0.306. The quantitative estimate of drug-likeness (QED) is 0.598. The maximum atomic E-state index is 6.07. The second-order valence-corrected chi connectivity index (χ2v) is 7.86. The minimum atomic E-state index is 0.306. The number of nitrogens with zero attached hydrogens (tertiary/aromatic N) is 4. The Morgan fingerprint density at radius 1 is 1.28 bits per heavy atom. The largest absolute Gasteiger partial charge is 0.462 e. The fourth-order valence-electron chi connectivity index (χ4n) is 4.07. The molecule has 0 aliphatic carbocycles. The van der Waals surface area contributed by atoms with Crippen molar-refractivity contribution >= 4 is 11.5 Å². The lowest BCUT2D eigenvalue weighted by Gasteiger charge is -2.24. The van der Waals surface area contributed by atoms with E-state index in [0.717, 1.165) is 38.0 Å². The third-order valence-corrected chi connectivity index (χ3v) is 5.67. The van der Waals surface area contributed by atoms with E-state index in [1.807, 2.05) is 6.20 Å². The van der Waals surface area contributed by atoms with Crippen LogP contribution in [0, 0.1) is 6.92 Å². The fraction of sp³-hybridized carbons (Fsp3) is 0.500. The molecular formula is C22H30N6O. The molecule has 0 bridgehead atoms. The summed E-state index contributed by atoms with van der Waals surface area (Å²) in [5.74, 6) is 1.01. The van der Waals surface area contributed by atoms with Crippen LogP contribution in [0.1, 0.15) is 60.9 Å². The van der Waals surface area contributed by atoms with Gasteiger partial charge < -0.3 is 15.8 Å². The molecule has 0 unspecified atom stereocenters. The molecule has 3 heterocycles. The highest BCUT2D eigenvalue weighted by molar-refractivity contribution is 5.59. The number of rotatable bonds is 7. The lowest BCUT2D eigenvalue weighted by Crippen LogP contribution is -2.26. The summed E-state index contributed by atoms with van der Waals surface area (Å²) >= 11 is 0. The number of fused-ring (bicyclic) bond motifs is 1. The van der Waals surface area contributed by atoms with Gasteiger partial charge in [0.05, 0.1) is 18.5 Å². The van der Waals surface area contributed by atoms with Crippen molar-refractivity contribution in [2.45, 2.75) is 51.9 Å². The summed E-state index contributed by atoms with van der Waals surface area (Å²) in [6, 6.07) is 7.12. The zero-order valence-corrected chi connectivity index (χ0v) is 17.3. The van der Waals surface area contributed by atoms with Crippen molar-refractivity contribution in [1.29, 1.82) is 0 Å². The average Bonchev–Trinajstić information content (AvgIpc) is 3.12. The van der Waals surface area contributed by atoms with Crippen molar-refractivity contribution in [1.82, 2.24) is 24.9 Å². The molecule has 3 aromatic rings. The maximum Gasteiger partial charge on any atom is 0.336 e. The molecule has 1 aliphatic rings. The molecule has 3 N–H and O–H groups in total. The van der Waals surface area contributed by atoms with Gasteiger partial charge in [-0.2, -0.15) is 4.98 Å². The van der Waals surface area contributed by atoms with Crippen LogP contribution in [0.5, 0.6) is 6.01 Å². The molecule has 4 rings (SSSR count). The first kappa shape index (κ1) is 19.6. The van der Waals surface area contributed by atoms with Crippen LogP contribution in [0.3, 0.4) is 0 Å². The molecule has 0 amide bonds. The Bertz CT molecular complexity index is 977. The van der Waals surface area contributed by atoms with Gasteiger partial charge in [-0.25, -0.2) is 9.50 Å².